The number of benzene rings is 1. The summed E-state index contributed by atoms with van der Waals surface area (Å²) in [5.74, 6) is 0. The molecular weight excluding hydrogens is 220 g/mol. The number of aromatic nitrogens is 2. The highest BCUT2D eigenvalue weighted by Gasteiger charge is 2.12. The molecule has 0 saturated carbocycles. The van der Waals surface area contributed by atoms with Crippen LogP contribution in [0, 0.1) is 20.8 Å². The summed E-state index contributed by atoms with van der Waals surface area (Å²) in [6.07, 6.45) is 8.98. The number of nitrogens with zero attached hydrogens (tertiary/aromatic N) is 2. The van der Waals surface area contributed by atoms with Crippen molar-refractivity contribution >= 4 is 0 Å². The minimum absolute atomic E-state index is 1.10. The summed E-state index contributed by atoms with van der Waals surface area (Å²) in [5, 5.41) is 0. The minimum Gasteiger partial charge on any atom is -0.236 e. The molecule has 0 unspecified atom stereocenters. The lowest BCUT2D eigenvalue weighted by atomic mass is 10.1. The summed E-state index contributed by atoms with van der Waals surface area (Å²) in [6, 6.07) is 4.50. The number of imidazole rings is 1. The molecule has 0 amide bonds. The second-order valence-electron chi connectivity index (χ2n) is 5.16. The molecule has 1 aromatic heterocycles. The monoisotopic (exact) mass is 243 g/mol. The molecular formula is C16H23N2+. The topological polar surface area (TPSA) is 8.81 Å². The van der Waals surface area contributed by atoms with E-state index in [4.69, 9.17) is 0 Å². The van der Waals surface area contributed by atoms with Gasteiger partial charge in [-0.15, -0.1) is 0 Å². The first kappa shape index (κ1) is 12.9. The van der Waals surface area contributed by atoms with Gasteiger partial charge in [-0.3, -0.25) is 0 Å². The van der Waals surface area contributed by atoms with E-state index >= 15 is 0 Å². The molecule has 0 aliphatic rings. The molecule has 1 heterocycles. The highest BCUT2D eigenvalue weighted by Crippen LogP contribution is 2.20. The fraction of sp³-hybridized carbons (Fsp3) is 0.438. The standard InChI is InChI=1S/C16H23N2/c1-5-6-7-17-8-9-18(12-17)16-14(3)10-13(2)11-15(16)4/h8-12H,5-7H2,1-4H3/q+1. The van der Waals surface area contributed by atoms with Gasteiger partial charge in [0.05, 0.1) is 6.54 Å². The van der Waals surface area contributed by atoms with E-state index in [-0.39, 0.29) is 0 Å². The summed E-state index contributed by atoms with van der Waals surface area (Å²) in [6.45, 7) is 9.86. The van der Waals surface area contributed by atoms with Crippen molar-refractivity contribution in [2.75, 3.05) is 0 Å². The minimum atomic E-state index is 1.10. The van der Waals surface area contributed by atoms with Gasteiger partial charge in [-0.1, -0.05) is 31.0 Å². The van der Waals surface area contributed by atoms with Crippen LogP contribution in [-0.2, 0) is 6.54 Å². The normalized spacial score (nSPS) is 10.9. The van der Waals surface area contributed by atoms with Crippen molar-refractivity contribution in [3.63, 3.8) is 0 Å². The molecule has 1 aromatic carbocycles. The zero-order chi connectivity index (χ0) is 13.1. The first-order valence-corrected chi connectivity index (χ1v) is 6.77. The SMILES string of the molecule is CCCC[n+]1ccn(-c2c(C)cc(C)cc2C)c1. The van der Waals surface area contributed by atoms with Crippen molar-refractivity contribution < 1.29 is 4.57 Å². The van der Waals surface area contributed by atoms with Crippen LogP contribution in [0.4, 0.5) is 0 Å². The van der Waals surface area contributed by atoms with E-state index in [1.165, 1.54) is 35.2 Å². The molecule has 0 spiro atoms. The maximum absolute atomic E-state index is 2.27. The van der Waals surface area contributed by atoms with Crippen molar-refractivity contribution in [3.8, 4) is 5.69 Å². The Kier molecular flexibility index (Phi) is 3.85. The molecule has 0 aliphatic heterocycles. The van der Waals surface area contributed by atoms with E-state index < -0.39 is 0 Å². The third kappa shape index (κ3) is 2.63. The number of unbranched alkanes of at least 4 members (excludes halogenated alkanes) is 1. The Bertz CT molecular complexity index is 515. The van der Waals surface area contributed by atoms with Gasteiger partial charge in [0.15, 0.2) is 0 Å². The smallest absolute Gasteiger partial charge is 0.236 e. The average molecular weight is 243 g/mol. The zero-order valence-corrected chi connectivity index (χ0v) is 11.9. The molecule has 96 valence electrons. The van der Waals surface area contributed by atoms with Crippen molar-refractivity contribution in [1.29, 1.82) is 0 Å². The molecule has 0 radical (unpaired) electrons. The summed E-state index contributed by atoms with van der Waals surface area (Å²) in [7, 11) is 0. The van der Waals surface area contributed by atoms with E-state index in [9.17, 15) is 0 Å². The fourth-order valence-electron chi connectivity index (χ4n) is 2.58. The molecule has 2 rings (SSSR count). The van der Waals surface area contributed by atoms with Crippen molar-refractivity contribution in [3.05, 3.63) is 47.5 Å². The Labute approximate surface area is 110 Å². The third-order valence-corrected chi connectivity index (χ3v) is 3.35. The van der Waals surface area contributed by atoms with Gasteiger partial charge in [-0.05, 0) is 38.3 Å². The number of hydrogen-bond donors (Lipinski definition) is 0. The van der Waals surface area contributed by atoms with Gasteiger partial charge < -0.3 is 0 Å². The first-order valence-electron chi connectivity index (χ1n) is 6.77. The molecule has 0 N–H and O–H groups in total. The molecule has 18 heavy (non-hydrogen) atoms. The van der Waals surface area contributed by atoms with Crippen LogP contribution < -0.4 is 4.57 Å². The van der Waals surface area contributed by atoms with E-state index in [1.54, 1.807) is 0 Å². The number of aryl methyl sites for hydroxylation is 4. The lowest BCUT2D eigenvalue weighted by molar-refractivity contribution is -0.696. The Morgan fingerprint density at radius 2 is 1.78 bits per heavy atom. The van der Waals surface area contributed by atoms with Crippen LogP contribution in [0.3, 0.4) is 0 Å². The van der Waals surface area contributed by atoms with Crippen molar-refractivity contribution in [1.82, 2.24) is 4.57 Å². The van der Waals surface area contributed by atoms with Gasteiger partial charge in [0, 0.05) is 0 Å². The Morgan fingerprint density at radius 1 is 1.11 bits per heavy atom. The molecule has 0 saturated heterocycles. The Balaban J connectivity index is 2.34. The average Bonchev–Trinajstić information content (AvgIpc) is 2.73. The highest BCUT2D eigenvalue weighted by atomic mass is 15.1. The number of hydrogen-bond acceptors (Lipinski definition) is 0. The molecule has 2 nitrogen and oxygen atoms in total. The molecule has 0 aliphatic carbocycles. The van der Waals surface area contributed by atoms with Gasteiger partial charge >= 0.3 is 0 Å². The number of rotatable bonds is 4. The summed E-state index contributed by atoms with van der Waals surface area (Å²) in [5.41, 5.74) is 5.33. The van der Waals surface area contributed by atoms with Crippen LogP contribution in [0.25, 0.3) is 5.69 Å². The largest absolute Gasteiger partial charge is 0.248 e. The maximum atomic E-state index is 2.27. The van der Waals surface area contributed by atoms with E-state index in [0.29, 0.717) is 0 Å². The van der Waals surface area contributed by atoms with E-state index in [2.05, 4.69) is 67.7 Å². The molecule has 2 heteroatoms. The van der Waals surface area contributed by atoms with E-state index in [0.717, 1.165) is 6.54 Å². The summed E-state index contributed by atoms with van der Waals surface area (Å²) in [4.78, 5) is 0. The van der Waals surface area contributed by atoms with Gasteiger partial charge in [0.2, 0.25) is 6.33 Å². The summed E-state index contributed by atoms with van der Waals surface area (Å²) < 4.78 is 4.50. The van der Waals surface area contributed by atoms with Gasteiger partial charge in [0.25, 0.3) is 0 Å². The predicted molar refractivity (Wildman–Crippen MR) is 75.1 cm³/mol. The lowest BCUT2D eigenvalue weighted by Gasteiger charge is -2.07. The molecule has 2 aromatic rings. The van der Waals surface area contributed by atoms with Crippen molar-refractivity contribution in [2.24, 2.45) is 0 Å². The van der Waals surface area contributed by atoms with E-state index in [1.807, 2.05) is 0 Å². The van der Waals surface area contributed by atoms with Crippen LogP contribution >= 0.6 is 0 Å². The maximum Gasteiger partial charge on any atom is 0.248 e. The van der Waals surface area contributed by atoms with Crippen LogP contribution in [0.1, 0.15) is 36.5 Å². The van der Waals surface area contributed by atoms with Crippen LogP contribution in [0.15, 0.2) is 30.9 Å². The highest BCUT2D eigenvalue weighted by molar-refractivity contribution is 5.48. The van der Waals surface area contributed by atoms with Gasteiger partial charge in [-0.2, -0.15) is 0 Å². The quantitative estimate of drug-likeness (QED) is 0.727. The predicted octanol–water partition coefficient (Wildman–Crippen LogP) is 3.49. The molecule has 0 bridgehead atoms. The lowest BCUT2D eigenvalue weighted by Crippen LogP contribution is -2.30. The van der Waals surface area contributed by atoms with Gasteiger partial charge in [-0.25, -0.2) is 9.13 Å². The van der Waals surface area contributed by atoms with Crippen LogP contribution in [0.5, 0.6) is 0 Å². The van der Waals surface area contributed by atoms with Gasteiger partial charge in [0.1, 0.15) is 18.1 Å². The fourth-order valence-corrected chi connectivity index (χ4v) is 2.58. The molecule has 0 fully saturated rings. The van der Waals surface area contributed by atoms with Crippen LogP contribution in [-0.4, -0.2) is 4.57 Å². The molecule has 0 atom stereocenters. The summed E-state index contributed by atoms with van der Waals surface area (Å²) >= 11 is 0. The third-order valence-electron chi connectivity index (χ3n) is 3.35. The van der Waals surface area contributed by atoms with Crippen LogP contribution in [0.2, 0.25) is 0 Å². The zero-order valence-electron chi connectivity index (χ0n) is 11.9. The second-order valence-corrected chi connectivity index (χ2v) is 5.16. The second kappa shape index (κ2) is 5.38. The Hall–Kier alpha value is -1.57. The Morgan fingerprint density at radius 3 is 2.39 bits per heavy atom. The first-order chi connectivity index (χ1) is 8.61. The van der Waals surface area contributed by atoms with Crippen molar-refractivity contribution in [2.45, 2.75) is 47.1 Å².